The molecule has 120 valence electrons. The highest BCUT2D eigenvalue weighted by molar-refractivity contribution is 6.27. The van der Waals surface area contributed by atoms with Crippen molar-refractivity contribution in [3.05, 3.63) is 41.5 Å². The van der Waals surface area contributed by atoms with Gasteiger partial charge in [-0.3, -0.25) is 24.6 Å². The van der Waals surface area contributed by atoms with Crippen molar-refractivity contribution in [2.45, 2.75) is 18.9 Å². The summed E-state index contributed by atoms with van der Waals surface area (Å²) >= 11 is 0. The molecule has 2 aliphatic heterocycles. The van der Waals surface area contributed by atoms with Crippen molar-refractivity contribution < 1.29 is 24.3 Å². The Labute approximate surface area is 135 Å². The zero-order chi connectivity index (χ0) is 17.0. The maximum atomic E-state index is 12.8. The SMILES string of the molecule is O=C1CCC(N2C(=O)c3cc(C(=O)O)cc4cccc2c34)C(=O)N1. The van der Waals surface area contributed by atoms with Crippen LogP contribution in [0.15, 0.2) is 30.3 Å². The monoisotopic (exact) mass is 324 g/mol. The Bertz CT molecular complexity index is 949. The average molecular weight is 324 g/mol. The first-order valence-electron chi connectivity index (χ1n) is 7.44. The fraction of sp³-hybridized carbons (Fsp3) is 0.176. The fourth-order valence-corrected chi connectivity index (χ4v) is 3.38. The van der Waals surface area contributed by atoms with Crippen molar-refractivity contribution in [1.82, 2.24) is 5.32 Å². The van der Waals surface area contributed by atoms with Crippen LogP contribution in [0, 0.1) is 0 Å². The molecule has 7 nitrogen and oxygen atoms in total. The summed E-state index contributed by atoms with van der Waals surface area (Å²) < 4.78 is 0. The van der Waals surface area contributed by atoms with E-state index in [-0.39, 0.29) is 29.9 Å². The number of amides is 3. The summed E-state index contributed by atoms with van der Waals surface area (Å²) in [4.78, 5) is 49.0. The summed E-state index contributed by atoms with van der Waals surface area (Å²) in [5.41, 5.74) is 0.859. The molecule has 2 aromatic carbocycles. The third kappa shape index (κ3) is 1.91. The van der Waals surface area contributed by atoms with Gasteiger partial charge >= 0.3 is 5.97 Å². The lowest BCUT2D eigenvalue weighted by Crippen LogP contribution is -2.53. The molecule has 0 spiro atoms. The van der Waals surface area contributed by atoms with Crippen LogP contribution < -0.4 is 10.2 Å². The van der Waals surface area contributed by atoms with Gasteiger partial charge in [-0.2, -0.15) is 0 Å². The van der Waals surface area contributed by atoms with Gasteiger partial charge in [-0.25, -0.2) is 4.79 Å². The number of aromatic carboxylic acids is 1. The van der Waals surface area contributed by atoms with Crippen molar-refractivity contribution in [3.63, 3.8) is 0 Å². The number of nitrogens with one attached hydrogen (secondary N) is 1. The second-order valence-corrected chi connectivity index (χ2v) is 5.85. The molecule has 2 aromatic rings. The molecule has 2 aliphatic rings. The quantitative estimate of drug-likeness (QED) is 0.811. The minimum absolute atomic E-state index is 0.0214. The van der Waals surface area contributed by atoms with E-state index in [2.05, 4.69) is 5.32 Å². The molecule has 3 amide bonds. The number of hydrogen-bond acceptors (Lipinski definition) is 4. The van der Waals surface area contributed by atoms with Crippen LogP contribution in [0.3, 0.4) is 0 Å². The summed E-state index contributed by atoms with van der Waals surface area (Å²) in [5, 5.41) is 12.7. The van der Waals surface area contributed by atoms with E-state index < -0.39 is 23.8 Å². The van der Waals surface area contributed by atoms with Crippen LogP contribution in [-0.2, 0) is 9.59 Å². The number of rotatable bonds is 2. The number of carboxylic acids is 1. The van der Waals surface area contributed by atoms with Gasteiger partial charge in [0.25, 0.3) is 5.91 Å². The normalized spacial score (nSPS) is 19.8. The number of anilines is 1. The van der Waals surface area contributed by atoms with Gasteiger partial charge in [-0.1, -0.05) is 12.1 Å². The Hall–Kier alpha value is -3.22. The Balaban J connectivity index is 1.88. The first kappa shape index (κ1) is 14.4. The van der Waals surface area contributed by atoms with E-state index in [0.29, 0.717) is 16.5 Å². The van der Waals surface area contributed by atoms with Crippen LogP contribution in [0.4, 0.5) is 5.69 Å². The molecular weight excluding hydrogens is 312 g/mol. The predicted octanol–water partition coefficient (Wildman–Crippen LogP) is 1.30. The van der Waals surface area contributed by atoms with Crippen LogP contribution in [0.5, 0.6) is 0 Å². The van der Waals surface area contributed by atoms with Gasteiger partial charge in [0.15, 0.2) is 0 Å². The molecule has 7 heteroatoms. The van der Waals surface area contributed by atoms with Crippen molar-refractivity contribution in [3.8, 4) is 0 Å². The molecule has 1 unspecified atom stereocenters. The maximum absolute atomic E-state index is 12.8. The lowest BCUT2D eigenvalue weighted by molar-refractivity contribution is -0.134. The number of imide groups is 1. The second-order valence-electron chi connectivity index (χ2n) is 5.85. The molecule has 2 heterocycles. The summed E-state index contributed by atoms with van der Waals surface area (Å²) in [5.74, 6) is -2.40. The van der Waals surface area contributed by atoms with E-state index in [9.17, 15) is 24.3 Å². The molecule has 1 atom stereocenters. The predicted molar refractivity (Wildman–Crippen MR) is 83.9 cm³/mol. The third-order valence-corrected chi connectivity index (χ3v) is 4.43. The number of carbonyl (C=O) groups excluding carboxylic acids is 3. The average Bonchev–Trinajstić information content (AvgIpc) is 2.82. The number of piperidine rings is 1. The summed E-state index contributed by atoms with van der Waals surface area (Å²) in [7, 11) is 0. The zero-order valence-corrected chi connectivity index (χ0v) is 12.4. The van der Waals surface area contributed by atoms with Gasteiger partial charge in [0, 0.05) is 11.8 Å². The number of carboxylic acid groups (broad SMARTS) is 1. The smallest absolute Gasteiger partial charge is 0.335 e. The van der Waals surface area contributed by atoms with Crippen molar-refractivity contribution in [2.75, 3.05) is 4.90 Å². The molecule has 1 saturated heterocycles. The standard InChI is InChI=1S/C17H12N2O5/c20-13-5-4-12(15(21)18-13)19-11-3-1-2-8-6-9(17(23)24)7-10(14(8)11)16(19)22/h1-3,6-7,12H,4-5H2,(H,23,24)(H,18,20,21). The minimum atomic E-state index is -1.12. The van der Waals surface area contributed by atoms with Crippen LogP contribution in [0.25, 0.3) is 10.8 Å². The van der Waals surface area contributed by atoms with Gasteiger partial charge in [0.05, 0.1) is 16.8 Å². The van der Waals surface area contributed by atoms with Crippen LogP contribution in [-0.4, -0.2) is 34.8 Å². The van der Waals surface area contributed by atoms with Crippen molar-refractivity contribution in [2.24, 2.45) is 0 Å². The minimum Gasteiger partial charge on any atom is -0.478 e. The van der Waals surface area contributed by atoms with E-state index in [1.54, 1.807) is 18.2 Å². The summed E-state index contributed by atoms with van der Waals surface area (Å²) in [6.07, 6.45) is 0.402. The van der Waals surface area contributed by atoms with E-state index in [4.69, 9.17) is 0 Å². The first-order chi connectivity index (χ1) is 11.5. The highest BCUT2D eigenvalue weighted by atomic mass is 16.4. The number of hydrogen-bond donors (Lipinski definition) is 2. The van der Waals surface area contributed by atoms with E-state index >= 15 is 0 Å². The topological polar surface area (TPSA) is 104 Å². The lowest BCUT2D eigenvalue weighted by atomic mass is 10.0. The summed E-state index contributed by atoms with van der Waals surface area (Å²) in [6, 6.07) is 7.23. The van der Waals surface area contributed by atoms with Crippen LogP contribution in [0.2, 0.25) is 0 Å². The highest BCUT2D eigenvalue weighted by Crippen LogP contribution is 2.40. The molecule has 24 heavy (non-hydrogen) atoms. The van der Waals surface area contributed by atoms with E-state index in [1.165, 1.54) is 17.0 Å². The molecule has 4 rings (SSSR count). The molecule has 0 saturated carbocycles. The largest absolute Gasteiger partial charge is 0.478 e. The van der Waals surface area contributed by atoms with Gasteiger partial charge < -0.3 is 5.11 Å². The Morgan fingerprint density at radius 2 is 2.00 bits per heavy atom. The Morgan fingerprint density at radius 1 is 1.21 bits per heavy atom. The molecule has 1 fully saturated rings. The number of nitrogens with zero attached hydrogens (tertiary/aromatic N) is 1. The van der Waals surface area contributed by atoms with Gasteiger partial charge in [-0.15, -0.1) is 0 Å². The van der Waals surface area contributed by atoms with Crippen molar-refractivity contribution in [1.29, 1.82) is 0 Å². The van der Waals surface area contributed by atoms with Crippen molar-refractivity contribution >= 4 is 40.2 Å². The van der Waals surface area contributed by atoms with E-state index in [1.807, 2.05) is 0 Å². The number of benzene rings is 2. The molecule has 0 aliphatic carbocycles. The van der Waals surface area contributed by atoms with Gasteiger partial charge in [0.1, 0.15) is 6.04 Å². The third-order valence-electron chi connectivity index (χ3n) is 4.43. The number of carbonyl (C=O) groups is 4. The highest BCUT2D eigenvalue weighted by Gasteiger charge is 2.40. The Kier molecular flexibility index (Phi) is 2.93. The maximum Gasteiger partial charge on any atom is 0.335 e. The lowest BCUT2D eigenvalue weighted by Gasteiger charge is -2.30. The molecule has 0 aromatic heterocycles. The van der Waals surface area contributed by atoms with Gasteiger partial charge in [0.2, 0.25) is 11.8 Å². The molecule has 0 radical (unpaired) electrons. The van der Waals surface area contributed by atoms with E-state index in [0.717, 1.165) is 0 Å². The Morgan fingerprint density at radius 3 is 2.71 bits per heavy atom. The van der Waals surface area contributed by atoms with Crippen LogP contribution in [0.1, 0.15) is 33.6 Å². The van der Waals surface area contributed by atoms with Gasteiger partial charge in [-0.05, 0) is 30.0 Å². The zero-order valence-electron chi connectivity index (χ0n) is 12.4. The molecule has 0 bridgehead atoms. The van der Waals surface area contributed by atoms with Crippen LogP contribution >= 0.6 is 0 Å². The fourth-order valence-electron chi connectivity index (χ4n) is 3.38. The molecular formula is C17H12N2O5. The first-order valence-corrected chi connectivity index (χ1v) is 7.44. The summed E-state index contributed by atoms with van der Waals surface area (Å²) in [6.45, 7) is 0. The molecule has 2 N–H and O–H groups in total. The second kappa shape index (κ2) is 4.89.